The number of amides is 2. The van der Waals surface area contributed by atoms with Gasteiger partial charge in [-0.1, -0.05) is 19.9 Å². The van der Waals surface area contributed by atoms with Gasteiger partial charge in [-0.15, -0.1) is 0 Å². The van der Waals surface area contributed by atoms with Crippen molar-refractivity contribution in [2.24, 2.45) is 0 Å². The third kappa shape index (κ3) is 5.42. The van der Waals surface area contributed by atoms with Gasteiger partial charge in [0, 0.05) is 30.2 Å². The summed E-state index contributed by atoms with van der Waals surface area (Å²) in [5.41, 5.74) is 3.05. The van der Waals surface area contributed by atoms with Crippen LogP contribution in [-0.2, 0) is 9.47 Å². The number of hydrogen-bond donors (Lipinski definition) is 2. The summed E-state index contributed by atoms with van der Waals surface area (Å²) in [6.45, 7) is 8.58. The molecule has 2 N–H and O–H groups in total. The van der Waals surface area contributed by atoms with E-state index in [1.54, 1.807) is 30.5 Å². The molecule has 0 saturated heterocycles. The zero-order valence-corrected chi connectivity index (χ0v) is 19.0. The molecule has 9 nitrogen and oxygen atoms in total. The molecule has 0 aliphatic heterocycles. The van der Waals surface area contributed by atoms with Crippen molar-refractivity contribution in [3.63, 3.8) is 0 Å². The van der Waals surface area contributed by atoms with Crippen LogP contribution in [0.5, 0.6) is 0 Å². The molecule has 3 rings (SSSR count). The fourth-order valence-corrected chi connectivity index (χ4v) is 3.14. The fraction of sp³-hybridized carbons (Fsp3) is 0.391. The number of pyridine rings is 1. The Morgan fingerprint density at radius 2 is 1.78 bits per heavy atom. The smallest absolute Gasteiger partial charge is 0.411 e. The monoisotopic (exact) mass is 439 g/mol. The zero-order valence-electron chi connectivity index (χ0n) is 19.0. The van der Waals surface area contributed by atoms with Gasteiger partial charge in [0.05, 0.1) is 23.8 Å². The van der Waals surface area contributed by atoms with E-state index >= 15 is 0 Å². The van der Waals surface area contributed by atoms with Gasteiger partial charge >= 0.3 is 6.09 Å². The number of ether oxygens (including phenoxy) is 2. The maximum Gasteiger partial charge on any atom is 0.411 e. The van der Waals surface area contributed by atoms with Crippen molar-refractivity contribution in [3.05, 3.63) is 47.8 Å². The van der Waals surface area contributed by atoms with E-state index in [0.717, 1.165) is 5.69 Å². The highest BCUT2D eigenvalue weighted by Gasteiger charge is 2.19. The summed E-state index contributed by atoms with van der Waals surface area (Å²) >= 11 is 0. The lowest BCUT2D eigenvalue weighted by Crippen LogP contribution is -2.17. The highest BCUT2D eigenvalue weighted by Crippen LogP contribution is 2.25. The number of rotatable bonds is 8. The van der Waals surface area contributed by atoms with E-state index in [4.69, 9.17) is 14.5 Å². The number of benzene rings is 1. The van der Waals surface area contributed by atoms with E-state index in [0.29, 0.717) is 34.6 Å². The Labute approximate surface area is 187 Å². The second-order valence-corrected chi connectivity index (χ2v) is 7.96. The van der Waals surface area contributed by atoms with E-state index in [2.05, 4.69) is 15.7 Å². The Morgan fingerprint density at radius 3 is 2.44 bits per heavy atom. The lowest BCUT2D eigenvalue weighted by Gasteiger charge is -2.13. The summed E-state index contributed by atoms with van der Waals surface area (Å²) in [6.07, 6.45) is 1.08. The molecule has 0 aliphatic carbocycles. The normalized spacial score (nSPS) is 11.2. The molecular formula is C23H29N5O4. The second kappa shape index (κ2) is 10.2. The first-order valence-corrected chi connectivity index (χ1v) is 10.5. The van der Waals surface area contributed by atoms with Crippen LogP contribution >= 0.6 is 0 Å². The number of carbonyl (C=O) groups excluding carboxylic acids is 2. The van der Waals surface area contributed by atoms with Gasteiger partial charge in [-0.2, -0.15) is 5.10 Å². The predicted molar refractivity (Wildman–Crippen MR) is 123 cm³/mol. The third-order valence-corrected chi connectivity index (χ3v) is 4.80. The van der Waals surface area contributed by atoms with Gasteiger partial charge in [-0.25, -0.2) is 14.5 Å². The van der Waals surface area contributed by atoms with E-state index in [9.17, 15) is 9.59 Å². The van der Waals surface area contributed by atoms with Crippen LogP contribution in [0.15, 0.2) is 36.5 Å². The van der Waals surface area contributed by atoms with Crippen molar-refractivity contribution in [3.8, 4) is 0 Å². The number of nitrogens with one attached hydrogen (secondary N) is 2. The number of nitrogens with zero attached hydrogens (tertiary/aromatic N) is 3. The molecule has 0 saturated carbocycles. The van der Waals surface area contributed by atoms with Crippen molar-refractivity contribution in [2.75, 3.05) is 31.0 Å². The van der Waals surface area contributed by atoms with Crippen LogP contribution in [0.25, 0.3) is 11.0 Å². The average Bonchev–Trinajstić information content (AvgIpc) is 3.17. The summed E-state index contributed by atoms with van der Waals surface area (Å²) in [5, 5.41) is 10.7. The minimum atomic E-state index is -0.593. The molecule has 2 heterocycles. The van der Waals surface area contributed by atoms with Crippen LogP contribution in [-0.4, -0.2) is 47.1 Å². The van der Waals surface area contributed by atoms with Crippen molar-refractivity contribution in [1.82, 2.24) is 14.8 Å². The first kappa shape index (κ1) is 23.2. The molecule has 0 spiro atoms. The quantitative estimate of drug-likeness (QED) is 0.498. The molecule has 1 aromatic carbocycles. The Kier molecular flexibility index (Phi) is 7.42. The lowest BCUT2D eigenvalue weighted by molar-refractivity contribution is 0.102. The molecule has 0 atom stereocenters. The van der Waals surface area contributed by atoms with Crippen LogP contribution in [0.3, 0.4) is 0 Å². The van der Waals surface area contributed by atoms with Crippen molar-refractivity contribution >= 4 is 34.4 Å². The maximum absolute atomic E-state index is 13.2. The average molecular weight is 440 g/mol. The van der Waals surface area contributed by atoms with Gasteiger partial charge in [0.25, 0.3) is 5.91 Å². The van der Waals surface area contributed by atoms with Crippen LogP contribution in [0.4, 0.5) is 16.2 Å². The summed E-state index contributed by atoms with van der Waals surface area (Å²) in [6, 6.07) is 8.78. The summed E-state index contributed by atoms with van der Waals surface area (Å²) in [4.78, 5) is 29.8. The largest absolute Gasteiger partial charge is 0.447 e. The van der Waals surface area contributed by atoms with Crippen LogP contribution < -0.4 is 10.6 Å². The Morgan fingerprint density at radius 1 is 1.06 bits per heavy atom. The Bertz CT molecular complexity index is 1110. The molecule has 32 heavy (non-hydrogen) atoms. The summed E-state index contributed by atoms with van der Waals surface area (Å²) < 4.78 is 11.7. The molecular weight excluding hydrogens is 410 g/mol. The molecule has 0 radical (unpaired) electrons. The Hall–Kier alpha value is -3.46. The van der Waals surface area contributed by atoms with Crippen LogP contribution in [0.1, 0.15) is 55.7 Å². The lowest BCUT2D eigenvalue weighted by atomic mass is 10.0. The molecule has 0 fully saturated rings. The van der Waals surface area contributed by atoms with Gasteiger partial charge in [-0.3, -0.25) is 10.1 Å². The van der Waals surface area contributed by atoms with Crippen LogP contribution in [0, 0.1) is 0 Å². The first-order valence-electron chi connectivity index (χ1n) is 10.5. The van der Waals surface area contributed by atoms with Crippen molar-refractivity contribution < 1.29 is 19.1 Å². The third-order valence-electron chi connectivity index (χ3n) is 4.80. The summed E-state index contributed by atoms with van der Waals surface area (Å²) in [7, 11) is 1.53. The SMILES string of the molecule is COCCOC(=O)Nc1cccc(NC(=O)c2cc(C(C)C)nc3c2cnn3C(C)C)c1. The Balaban J connectivity index is 1.84. The fourth-order valence-electron chi connectivity index (χ4n) is 3.14. The van der Waals surface area contributed by atoms with Gasteiger partial charge in [0.1, 0.15) is 6.61 Å². The van der Waals surface area contributed by atoms with Crippen molar-refractivity contribution in [1.29, 1.82) is 0 Å². The van der Waals surface area contributed by atoms with E-state index < -0.39 is 6.09 Å². The number of anilines is 2. The number of carbonyl (C=O) groups is 2. The number of hydrogen-bond acceptors (Lipinski definition) is 6. The van der Waals surface area contributed by atoms with Gasteiger partial charge in [0.2, 0.25) is 0 Å². The molecule has 9 heteroatoms. The number of methoxy groups -OCH3 is 1. The topological polar surface area (TPSA) is 107 Å². The van der Waals surface area contributed by atoms with Gasteiger partial charge in [0.15, 0.2) is 5.65 Å². The molecule has 3 aromatic rings. The van der Waals surface area contributed by atoms with Crippen LogP contribution in [0.2, 0.25) is 0 Å². The first-order chi connectivity index (χ1) is 15.3. The van der Waals surface area contributed by atoms with Gasteiger partial charge in [-0.05, 0) is 44.0 Å². The van der Waals surface area contributed by atoms with Crippen molar-refractivity contribution in [2.45, 2.75) is 39.7 Å². The highest BCUT2D eigenvalue weighted by molar-refractivity contribution is 6.12. The number of fused-ring (bicyclic) bond motifs is 1. The maximum atomic E-state index is 13.2. The molecule has 2 aromatic heterocycles. The highest BCUT2D eigenvalue weighted by atomic mass is 16.6. The predicted octanol–water partition coefficient (Wildman–Crippen LogP) is 4.58. The minimum Gasteiger partial charge on any atom is -0.447 e. The standard InChI is InChI=1S/C23H29N5O4/c1-14(2)20-12-18(19-13-24-28(15(3)4)21(19)27-20)22(29)25-16-7-6-8-17(11-16)26-23(30)32-10-9-31-5/h6-8,11-15H,9-10H2,1-5H3,(H,25,29)(H,26,30). The molecule has 170 valence electrons. The summed E-state index contributed by atoms with van der Waals surface area (Å²) in [5.74, 6) is -0.125. The second-order valence-electron chi connectivity index (χ2n) is 7.96. The molecule has 0 aliphatic rings. The molecule has 0 bridgehead atoms. The zero-order chi connectivity index (χ0) is 23.3. The molecule has 0 unspecified atom stereocenters. The van der Waals surface area contributed by atoms with E-state index in [1.165, 1.54) is 7.11 Å². The molecule has 2 amide bonds. The number of aromatic nitrogens is 3. The van der Waals surface area contributed by atoms with E-state index in [-0.39, 0.29) is 24.5 Å². The van der Waals surface area contributed by atoms with Gasteiger partial charge < -0.3 is 14.8 Å². The minimum absolute atomic E-state index is 0.115. The van der Waals surface area contributed by atoms with E-state index in [1.807, 2.05) is 38.4 Å².